The van der Waals surface area contributed by atoms with Crippen molar-refractivity contribution in [3.8, 4) is 0 Å². The Bertz CT molecular complexity index is 560. The molecule has 1 saturated carbocycles. The van der Waals surface area contributed by atoms with Crippen LogP contribution in [-0.4, -0.2) is 35.7 Å². The number of rotatable bonds is 9. The molecular formula is C19H28N2O5. The zero-order chi connectivity index (χ0) is 18.8. The molecule has 0 aromatic heterocycles. The van der Waals surface area contributed by atoms with Crippen molar-refractivity contribution in [2.24, 2.45) is 11.7 Å². The summed E-state index contributed by atoms with van der Waals surface area (Å²) in [5, 5.41) is 10.0. The number of carbonyl (C=O) groups is 2. The molecule has 144 valence electrons. The highest BCUT2D eigenvalue weighted by molar-refractivity contribution is 5.80. The van der Waals surface area contributed by atoms with E-state index in [-0.39, 0.29) is 6.61 Å². The fourth-order valence-corrected chi connectivity index (χ4v) is 3.14. The van der Waals surface area contributed by atoms with Gasteiger partial charge in [-0.05, 0) is 17.9 Å². The molecule has 4 N–H and O–H groups in total. The van der Waals surface area contributed by atoms with Gasteiger partial charge in [-0.2, -0.15) is 0 Å². The third-order valence-electron chi connectivity index (χ3n) is 4.61. The van der Waals surface area contributed by atoms with Gasteiger partial charge in [0.1, 0.15) is 12.7 Å². The molecule has 2 rings (SSSR count). The number of nitrogens with one attached hydrogen (secondary N) is 1. The minimum absolute atomic E-state index is 0.131. The van der Waals surface area contributed by atoms with Crippen LogP contribution in [0.15, 0.2) is 30.3 Å². The standard InChI is InChI=1S/C19H28N2O5/c20-16(11-14-7-3-1-4-8-14)18(23)19(24)21-26-13-17(22)25-12-15-9-5-2-6-10-15/h2,5-6,9-10,14,16,18,23H,1,3-4,7-8,11-13,20H2,(H,21,24). The molecule has 0 aliphatic heterocycles. The van der Waals surface area contributed by atoms with Crippen LogP contribution in [0.1, 0.15) is 44.1 Å². The lowest BCUT2D eigenvalue weighted by atomic mass is 9.84. The summed E-state index contributed by atoms with van der Waals surface area (Å²) in [4.78, 5) is 28.3. The summed E-state index contributed by atoms with van der Waals surface area (Å²) in [6, 6.07) is 8.58. The Morgan fingerprint density at radius 1 is 1.19 bits per heavy atom. The molecule has 7 nitrogen and oxygen atoms in total. The zero-order valence-electron chi connectivity index (χ0n) is 14.9. The third kappa shape index (κ3) is 7.11. The van der Waals surface area contributed by atoms with E-state index >= 15 is 0 Å². The van der Waals surface area contributed by atoms with E-state index in [1.54, 1.807) is 0 Å². The topological polar surface area (TPSA) is 111 Å². The predicted octanol–water partition coefficient (Wildman–Crippen LogP) is 1.44. The lowest BCUT2D eigenvalue weighted by Crippen LogP contribution is -2.47. The zero-order valence-corrected chi connectivity index (χ0v) is 14.9. The van der Waals surface area contributed by atoms with Crippen molar-refractivity contribution in [3.63, 3.8) is 0 Å². The Hall–Kier alpha value is -1.96. The van der Waals surface area contributed by atoms with E-state index in [9.17, 15) is 14.7 Å². The number of hydroxylamine groups is 1. The molecule has 1 amide bonds. The molecule has 0 saturated heterocycles. The lowest BCUT2D eigenvalue weighted by Gasteiger charge is -2.26. The van der Waals surface area contributed by atoms with Crippen molar-refractivity contribution in [2.45, 2.75) is 57.3 Å². The second-order valence-electron chi connectivity index (χ2n) is 6.75. The second kappa shape index (κ2) is 10.9. The number of hydrogen-bond acceptors (Lipinski definition) is 6. The summed E-state index contributed by atoms with van der Waals surface area (Å²) in [6.07, 6.45) is 5.01. The quantitative estimate of drug-likeness (QED) is 0.452. The first-order valence-electron chi connectivity index (χ1n) is 9.11. The van der Waals surface area contributed by atoms with Crippen LogP contribution >= 0.6 is 0 Å². The van der Waals surface area contributed by atoms with E-state index in [2.05, 4.69) is 5.48 Å². The summed E-state index contributed by atoms with van der Waals surface area (Å²) >= 11 is 0. The molecule has 1 aliphatic rings. The van der Waals surface area contributed by atoms with Crippen molar-refractivity contribution in [2.75, 3.05) is 6.61 Å². The largest absolute Gasteiger partial charge is 0.459 e. The molecular weight excluding hydrogens is 336 g/mol. The number of ether oxygens (including phenoxy) is 1. The van der Waals surface area contributed by atoms with Gasteiger partial charge in [-0.3, -0.25) is 9.63 Å². The van der Waals surface area contributed by atoms with Crippen LogP contribution in [0.25, 0.3) is 0 Å². The number of nitrogens with two attached hydrogens (primary N) is 1. The third-order valence-corrected chi connectivity index (χ3v) is 4.61. The van der Waals surface area contributed by atoms with Gasteiger partial charge in [-0.25, -0.2) is 10.3 Å². The van der Waals surface area contributed by atoms with Crippen LogP contribution in [0, 0.1) is 5.92 Å². The average Bonchev–Trinajstić information content (AvgIpc) is 2.67. The summed E-state index contributed by atoms with van der Waals surface area (Å²) < 4.78 is 5.02. The van der Waals surface area contributed by atoms with Crippen LogP contribution in [0.5, 0.6) is 0 Å². The summed E-state index contributed by atoms with van der Waals surface area (Å²) in [5.74, 6) is -0.908. The summed E-state index contributed by atoms with van der Waals surface area (Å²) in [5.41, 5.74) is 8.85. The molecule has 26 heavy (non-hydrogen) atoms. The molecule has 0 bridgehead atoms. The molecule has 0 radical (unpaired) electrons. The van der Waals surface area contributed by atoms with Gasteiger partial charge in [0, 0.05) is 6.04 Å². The number of esters is 1. The van der Waals surface area contributed by atoms with Gasteiger partial charge in [0.05, 0.1) is 0 Å². The minimum Gasteiger partial charge on any atom is -0.459 e. The van der Waals surface area contributed by atoms with E-state index in [4.69, 9.17) is 15.3 Å². The molecule has 2 atom stereocenters. The van der Waals surface area contributed by atoms with Crippen LogP contribution in [-0.2, 0) is 25.8 Å². The molecule has 7 heteroatoms. The van der Waals surface area contributed by atoms with Crippen molar-refractivity contribution in [3.05, 3.63) is 35.9 Å². The van der Waals surface area contributed by atoms with Gasteiger partial charge in [0.15, 0.2) is 6.61 Å². The Morgan fingerprint density at radius 3 is 2.58 bits per heavy atom. The van der Waals surface area contributed by atoms with Crippen LogP contribution < -0.4 is 11.2 Å². The maximum absolute atomic E-state index is 11.9. The fourth-order valence-electron chi connectivity index (χ4n) is 3.14. The first-order chi connectivity index (χ1) is 12.6. The predicted molar refractivity (Wildman–Crippen MR) is 95.5 cm³/mol. The fraction of sp³-hybridized carbons (Fsp3) is 0.579. The highest BCUT2D eigenvalue weighted by Crippen LogP contribution is 2.27. The highest BCUT2D eigenvalue weighted by atomic mass is 16.7. The van der Waals surface area contributed by atoms with Crippen molar-refractivity contribution in [1.29, 1.82) is 0 Å². The van der Waals surface area contributed by atoms with E-state index in [1.165, 1.54) is 19.3 Å². The van der Waals surface area contributed by atoms with E-state index < -0.39 is 30.6 Å². The van der Waals surface area contributed by atoms with Crippen molar-refractivity contribution < 1.29 is 24.3 Å². The van der Waals surface area contributed by atoms with Crippen molar-refractivity contribution in [1.82, 2.24) is 5.48 Å². The Balaban J connectivity index is 1.61. The first kappa shape index (κ1) is 20.4. The van der Waals surface area contributed by atoms with Crippen LogP contribution in [0.3, 0.4) is 0 Å². The van der Waals surface area contributed by atoms with Gasteiger partial charge in [0.25, 0.3) is 5.91 Å². The van der Waals surface area contributed by atoms with Gasteiger partial charge in [-0.15, -0.1) is 0 Å². The molecule has 1 aliphatic carbocycles. The number of benzene rings is 1. The molecule has 2 unspecified atom stereocenters. The van der Waals surface area contributed by atoms with Gasteiger partial charge in [0.2, 0.25) is 0 Å². The molecule has 0 heterocycles. The Kier molecular flexibility index (Phi) is 8.53. The molecule has 1 fully saturated rings. The SMILES string of the molecule is NC(CC1CCCCC1)C(O)C(=O)NOCC(=O)OCc1ccccc1. The Labute approximate surface area is 153 Å². The van der Waals surface area contributed by atoms with E-state index in [0.717, 1.165) is 18.4 Å². The number of aliphatic hydroxyl groups excluding tert-OH is 1. The maximum atomic E-state index is 11.9. The smallest absolute Gasteiger partial charge is 0.335 e. The summed E-state index contributed by atoms with van der Waals surface area (Å²) in [6.45, 7) is -0.310. The van der Waals surface area contributed by atoms with Crippen molar-refractivity contribution >= 4 is 11.9 Å². The second-order valence-corrected chi connectivity index (χ2v) is 6.75. The van der Waals surface area contributed by atoms with Crippen LogP contribution in [0.2, 0.25) is 0 Å². The Morgan fingerprint density at radius 2 is 1.88 bits per heavy atom. The monoisotopic (exact) mass is 364 g/mol. The molecule has 0 spiro atoms. The maximum Gasteiger partial charge on any atom is 0.335 e. The van der Waals surface area contributed by atoms with Gasteiger partial charge >= 0.3 is 5.97 Å². The number of carbonyl (C=O) groups excluding carboxylic acids is 2. The number of amides is 1. The van der Waals surface area contributed by atoms with Crippen LogP contribution in [0.4, 0.5) is 0 Å². The molecule has 1 aromatic rings. The number of hydrogen-bond donors (Lipinski definition) is 3. The van der Waals surface area contributed by atoms with E-state index in [1.807, 2.05) is 30.3 Å². The lowest BCUT2D eigenvalue weighted by molar-refractivity contribution is -0.158. The highest BCUT2D eigenvalue weighted by Gasteiger charge is 2.26. The van der Waals surface area contributed by atoms with E-state index in [0.29, 0.717) is 12.3 Å². The van der Waals surface area contributed by atoms with Gasteiger partial charge in [-0.1, -0.05) is 62.4 Å². The average molecular weight is 364 g/mol. The van der Waals surface area contributed by atoms with Gasteiger partial charge < -0.3 is 15.6 Å². The normalized spacial score (nSPS) is 17.3. The minimum atomic E-state index is -1.36. The molecule has 1 aromatic carbocycles. The summed E-state index contributed by atoms with van der Waals surface area (Å²) in [7, 11) is 0. The number of aliphatic hydroxyl groups is 1. The first-order valence-corrected chi connectivity index (χ1v) is 9.11.